The molecular weight excluding hydrogens is 410 g/mol. The van der Waals surface area contributed by atoms with Crippen LogP contribution in [0.15, 0.2) is 16.6 Å². The van der Waals surface area contributed by atoms with Gasteiger partial charge in [-0.25, -0.2) is 0 Å². The molecule has 1 N–H and O–H groups in total. The topological polar surface area (TPSA) is 67.6 Å². The number of benzene rings is 1. The molecule has 0 atom stereocenters. The zero-order valence-electron chi connectivity index (χ0n) is 16.2. The van der Waals surface area contributed by atoms with E-state index in [1.165, 1.54) is 25.7 Å². The molecule has 3 rings (SSSR count). The number of ether oxygens (including phenoxy) is 1. The Balaban J connectivity index is 1.53. The summed E-state index contributed by atoms with van der Waals surface area (Å²) in [7, 11) is 0. The number of anilines is 1. The highest BCUT2D eigenvalue weighted by Gasteiger charge is 2.30. The fraction of sp³-hybridized carbons (Fsp3) is 0.700. The van der Waals surface area contributed by atoms with Crippen LogP contribution in [-0.4, -0.2) is 47.7 Å². The van der Waals surface area contributed by atoms with E-state index in [4.69, 9.17) is 4.74 Å². The maximum atomic E-state index is 11.4. The molecule has 0 radical (unpaired) electrons. The zero-order valence-corrected chi connectivity index (χ0v) is 17.8. The SMILES string of the molecule is CCO[C@H]1CC[C@H](N2CCC(Nc3cc(C)c(Br)cc3[N+](=O)[O-])CC2)CC1. The Morgan fingerprint density at radius 1 is 1.22 bits per heavy atom. The van der Waals surface area contributed by atoms with Gasteiger partial charge in [-0.15, -0.1) is 0 Å². The van der Waals surface area contributed by atoms with Gasteiger partial charge < -0.3 is 15.0 Å². The summed E-state index contributed by atoms with van der Waals surface area (Å²) < 4.78 is 6.54. The van der Waals surface area contributed by atoms with Crippen molar-refractivity contribution in [2.75, 3.05) is 25.0 Å². The largest absolute Gasteiger partial charge is 0.379 e. The van der Waals surface area contributed by atoms with Crippen molar-refractivity contribution in [1.29, 1.82) is 0 Å². The molecule has 6 nitrogen and oxygen atoms in total. The van der Waals surface area contributed by atoms with E-state index in [-0.39, 0.29) is 10.6 Å². The number of halogens is 1. The van der Waals surface area contributed by atoms with Gasteiger partial charge in [-0.1, -0.05) is 15.9 Å². The van der Waals surface area contributed by atoms with Crippen LogP contribution < -0.4 is 5.32 Å². The molecule has 1 aromatic rings. The predicted octanol–water partition coefficient (Wildman–Crippen LogP) is 4.89. The summed E-state index contributed by atoms with van der Waals surface area (Å²) in [6.07, 6.45) is 7.28. The molecular formula is C20H30BrN3O3. The van der Waals surface area contributed by atoms with Crippen LogP contribution in [0, 0.1) is 17.0 Å². The van der Waals surface area contributed by atoms with Crippen LogP contribution in [0.25, 0.3) is 0 Å². The van der Waals surface area contributed by atoms with Crippen LogP contribution in [0.3, 0.4) is 0 Å². The van der Waals surface area contributed by atoms with Gasteiger partial charge >= 0.3 is 0 Å². The van der Waals surface area contributed by atoms with Gasteiger partial charge in [0.05, 0.1) is 11.0 Å². The molecule has 0 spiro atoms. The van der Waals surface area contributed by atoms with Crippen molar-refractivity contribution < 1.29 is 9.66 Å². The van der Waals surface area contributed by atoms with E-state index in [9.17, 15) is 10.1 Å². The summed E-state index contributed by atoms with van der Waals surface area (Å²) in [4.78, 5) is 13.7. The van der Waals surface area contributed by atoms with Crippen molar-refractivity contribution >= 4 is 27.3 Å². The molecule has 0 bridgehead atoms. The van der Waals surface area contributed by atoms with E-state index in [1.807, 2.05) is 13.0 Å². The maximum Gasteiger partial charge on any atom is 0.293 e. The number of nitrogens with one attached hydrogen (secondary N) is 1. The third-order valence-electron chi connectivity index (χ3n) is 5.93. The van der Waals surface area contributed by atoms with Crippen LogP contribution >= 0.6 is 15.9 Å². The molecule has 7 heteroatoms. The minimum atomic E-state index is -0.307. The Morgan fingerprint density at radius 3 is 2.48 bits per heavy atom. The second-order valence-corrected chi connectivity index (χ2v) is 8.57. The number of hydrogen-bond donors (Lipinski definition) is 1. The highest BCUT2D eigenvalue weighted by molar-refractivity contribution is 9.10. The van der Waals surface area contributed by atoms with Crippen molar-refractivity contribution in [2.24, 2.45) is 0 Å². The summed E-state index contributed by atoms with van der Waals surface area (Å²) in [6, 6.07) is 4.44. The normalized spacial score (nSPS) is 24.7. The number of nitro groups is 1. The van der Waals surface area contributed by atoms with Crippen LogP contribution in [0.1, 0.15) is 51.0 Å². The lowest BCUT2D eigenvalue weighted by Gasteiger charge is -2.41. The third-order valence-corrected chi connectivity index (χ3v) is 6.78. The van der Waals surface area contributed by atoms with Crippen molar-refractivity contribution in [3.05, 3.63) is 32.3 Å². The molecule has 27 heavy (non-hydrogen) atoms. The van der Waals surface area contributed by atoms with E-state index in [0.29, 0.717) is 23.9 Å². The van der Waals surface area contributed by atoms with Crippen molar-refractivity contribution in [3.63, 3.8) is 0 Å². The Kier molecular flexibility index (Phi) is 7.11. The number of hydrogen-bond acceptors (Lipinski definition) is 5. The molecule has 2 fully saturated rings. The number of aryl methyl sites for hydroxylation is 1. The lowest BCUT2D eigenvalue weighted by molar-refractivity contribution is -0.384. The quantitative estimate of drug-likeness (QED) is 0.504. The van der Waals surface area contributed by atoms with Crippen LogP contribution in [-0.2, 0) is 4.74 Å². The number of likely N-dealkylation sites (tertiary alicyclic amines) is 1. The van der Waals surface area contributed by atoms with Crippen LogP contribution in [0.2, 0.25) is 0 Å². The standard InChI is InChI=1S/C20H30BrN3O3/c1-3-27-17-6-4-16(5-7-17)23-10-8-15(9-11-23)22-19-12-14(2)18(21)13-20(19)24(25)26/h12-13,15-17,22H,3-11H2,1-2H3/t16-,17-. The summed E-state index contributed by atoms with van der Waals surface area (Å²) >= 11 is 3.39. The molecule has 1 saturated carbocycles. The number of nitrogens with zero attached hydrogens (tertiary/aromatic N) is 2. The van der Waals surface area contributed by atoms with Gasteiger partial charge in [-0.05, 0) is 64.0 Å². The van der Waals surface area contributed by atoms with Gasteiger partial charge in [0.1, 0.15) is 5.69 Å². The van der Waals surface area contributed by atoms with Gasteiger partial charge in [-0.3, -0.25) is 10.1 Å². The van der Waals surface area contributed by atoms with E-state index in [0.717, 1.165) is 42.6 Å². The first-order chi connectivity index (χ1) is 13.0. The summed E-state index contributed by atoms with van der Waals surface area (Å²) in [5.74, 6) is 0. The van der Waals surface area contributed by atoms with Crippen molar-refractivity contribution in [1.82, 2.24) is 4.90 Å². The van der Waals surface area contributed by atoms with E-state index in [1.54, 1.807) is 6.07 Å². The first-order valence-electron chi connectivity index (χ1n) is 10.0. The zero-order chi connectivity index (χ0) is 19.4. The number of rotatable bonds is 6. The average molecular weight is 440 g/mol. The van der Waals surface area contributed by atoms with Crippen molar-refractivity contribution in [3.8, 4) is 0 Å². The lowest BCUT2D eigenvalue weighted by Crippen LogP contribution is -2.46. The Morgan fingerprint density at radius 2 is 1.89 bits per heavy atom. The molecule has 1 aromatic carbocycles. The monoisotopic (exact) mass is 439 g/mol. The Bertz CT molecular complexity index is 654. The Hall–Kier alpha value is -1.18. The first-order valence-corrected chi connectivity index (χ1v) is 10.8. The molecule has 1 aliphatic carbocycles. The maximum absolute atomic E-state index is 11.4. The fourth-order valence-electron chi connectivity index (χ4n) is 4.38. The number of nitro benzene ring substituents is 1. The van der Waals surface area contributed by atoms with Crippen LogP contribution in [0.5, 0.6) is 0 Å². The van der Waals surface area contributed by atoms with Gasteiger partial charge in [0, 0.05) is 42.3 Å². The highest BCUT2D eigenvalue weighted by atomic mass is 79.9. The van der Waals surface area contributed by atoms with Gasteiger partial charge in [0.2, 0.25) is 0 Å². The summed E-state index contributed by atoms with van der Waals surface area (Å²) in [5, 5.41) is 14.8. The minimum absolute atomic E-state index is 0.143. The summed E-state index contributed by atoms with van der Waals surface area (Å²) in [5.41, 5.74) is 1.78. The van der Waals surface area contributed by atoms with Crippen LogP contribution in [0.4, 0.5) is 11.4 Å². The highest BCUT2D eigenvalue weighted by Crippen LogP contribution is 2.33. The van der Waals surface area contributed by atoms with Gasteiger partial charge in [0.15, 0.2) is 0 Å². The smallest absolute Gasteiger partial charge is 0.293 e. The van der Waals surface area contributed by atoms with Gasteiger partial charge in [0.25, 0.3) is 5.69 Å². The molecule has 1 heterocycles. The molecule has 0 unspecified atom stereocenters. The summed E-state index contributed by atoms with van der Waals surface area (Å²) in [6.45, 7) is 6.96. The molecule has 0 aromatic heterocycles. The molecule has 1 saturated heterocycles. The van der Waals surface area contributed by atoms with Gasteiger partial charge in [-0.2, -0.15) is 0 Å². The minimum Gasteiger partial charge on any atom is -0.379 e. The lowest BCUT2D eigenvalue weighted by atomic mass is 9.90. The third kappa shape index (κ3) is 5.21. The molecule has 150 valence electrons. The second-order valence-electron chi connectivity index (χ2n) is 7.72. The Labute approximate surface area is 169 Å². The molecule has 0 amide bonds. The number of piperidine rings is 1. The predicted molar refractivity (Wildman–Crippen MR) is 111 cm³/mol. The van der Waals surface area contributed by atoms with E-state index >= 15 is 0 Å². The molecule has 1 aliphatic heterocycles. The molecule has 2 aliphatic rings. The van der Waals surface area contributed by atoms with E-state index < -0.39 is 0 Å². The average Bonchev–Trinajstić information content (AvgIpc) is 2.66. The first kappa shape index (κ1) is 20.6. The second kappa shape index (κ2) is 9.34. The fourth-order valence-corrected chi connectivity index (χ4v) is 4.71. The van der Waals surface area contributed by atoms with Crippen molar-refractivity contribution in [2.45, 2.75) is 70.6 Å². The van der Waals surface area contributed by atoms with E-state index in [2.05, 4.69) is 33.1 Å².